The van der Waals surface area contributed by atoms with Gasteiger partial charge in [-0.2, -0.15) is 0 Å². The normalized spacial score (nSPS) is 48.8. The first kappa shape index (κ1) is 19.3. The van der Waals surface area contributed by atoms with Crippen molar-refractivity contribution in [2.24, 2.45) is 40.4 Å². The van der Waals surface area contributed by atoms with E-state index in [1.165, 1.54) is 44.1 Å². The van der Waals surface area contributed by atoms with Crippen LogP contribution >= 0.6 is 0 Å². The van der Waals surface area contributed by atoms with Crippen molar-refractivity contribution in [2.75, 3.05) is 13.2 Å². The van der Waals surface area contributed by atoms with Gasteiger partial charge in [0.25, 0.3) is 0 Å². The molecule has 28 heavy (non-hydrogen) atoms. The summed E-state index contributed by atoms with van der Waals surface area (Å²) in [5, 5.41) is 0. The molecule has 5 rings (SSSR count). The minimum absolute atomic E-state index is 0.0458. The van der Waals surface area contributed by atoms with Crippen LogP contribution in [-0.2, 0) is 14.3 Å². The third-order valence-corrected chi connectivity index (χ3v) is 9.98. The molecule has 6 unspecified atom stereocenters. The molecule has 0 aromatic carbocycles. The van der Waals surface area contributed by atoms with Crippen LogP contribution in [0.4, 0.5) is 0 Å². The summed E-state index contributed by atoms with van der Waals surface area (Å²) in [5.74, 6) is 4.22. The van der Waals surface area contributed by atoms with E-state index < -0.39 is 0 Å². The van der Waals surface area contributed by atoms with Crippen molar-refractivity contribution in [2.45, 2.75) is 84.8 Å². The van der Waals surface area contributed by atoms with Gasteiger partial charge in [-0.05, 0) is 91.4 Å². The molecule has 156 valence electrons. The van der Waals surface area contributed by atoms with Gasteiger partial charge in [0, 0.05) is 12.8 Å². The van der Waals surface area contributed by atoms with Crippen molar-refractivity contribution in [3.05, 3.63) is 11.6 Å². The zero-order valence-electron chi connectivity index (χ0n) is 18.0. The molecule has 0 radical (unpaired) electrons. The van der Waals surface area contributed by atoms with E-state index in [9.17, 15) is 4.79 Å². The third-order valence-electron chi connectivity index (χ3n) is 9.98. The number of ketones is 1. The first-order chi connectivity index (χ1) is 13.5. The van der Waals surface area contributed by atoms with Crippen molar-refractivity contribution in [1.82, 2.24) is 0 Å². The summed E-state index contributed by atoms with van der Waals surface area (Å²) in [6.07, 6.45) is 13.0. The Balaban J connectivity index is 1.42. The first-order valence-electron chi connectivity index (χ1n) is 11.9. The summed E-state index contributed by atoms with van der Waals surface area (Å²) >= 11 is 0. The second-order valence-corrected chi connectivity index (χ2v) is 10.9. The molecular weight excluding hydrogens is 348 g/mol. The molecule has 3 heteroatoms. The van der Waals surface area contributed by atoms with Gasteiger partial charge in [-0.25, -0.2) is 0 Å². The highest BCUT2D eigenvalue weighted by Crippen LogP contribution is 2.68. The summed E-state index contributed by atoms with van der Waals surface area (Å²) in [6.45, 7) is 8.98. The van der Waals surface area contributed by atoms with Crippen molar-refractivity contribution < 1.29 is 14.3 Å². The van der Waals surface area contributed by atoms with Crippen LogP contribution in [0.1, 0.15) is 78.6 Å². The molecule has 3 nitrogen and oxygen atoms in total. The molecule has 4 aliphatic carbocycles. The fraction of sp³-hybridized carbons (Fsp3) is 0.880. The number of rotatable bonds is 3. The highest BCUT2D eigenvalue weighted by atomic mass is 16.7. The van der Waals surface area contributed by atoms with E-state index >= 15 is 0 Å². The Morgan fingerprint density at radius 3 is 2.61 bits per heavy atom. The van der Waals surface area contributed by atoms with Gasteiger partial charge in [0.05, 0.1) is 13.2 Å². The van der Waals surface area contributed by atoms with Crippen molar-refractivity contribution >= 4 is 5.78 Å². The van der Waals surface area contributed by atoms with E-state index in [1.807, 2.05) is 0 Å². The standard InChI is InChI=1S/C25H38O3/c1-4-16-13-19-20-6-5-17(14-23-27-11-12-28-23)24(20,2)10-8-21(19)25(3)9-7-18(26)15-22(16)25/h15-17,19-21,23H,4-14H2,1-3H3/t16?,17-,19?,20?,21?,24?,25?/m1/s1. The minimum Gasteiger partial charge on any atom is -0.350 e. The zero-order chi connectivity index (χ0) is 19.5. The summed E-state index contributed by atoms with van der Waals surface area (Å²) in [6, 6.07) is 0. The van der Waals surface area contributed by atoms with Crippen molar-refractivity contribution in [3.8, 4) is 0 Å². The largest absolute Gasteiger partial charge is 0.350 e. The van der Waals surface area contributed by atoms with E-state index in [4.69, 9.17) is 9.47 Å². The predicted octanol–water partition coefficient (Wildman–Crippen LogP) is 5.53. The number of fused-ring (bicyclic) bond motifs is 5. The number of carbonyl (C=O) groups excluding carboxylic acids is 1. The number of hydrogen-bond acceptors (Lipinski definition) is 3. The van der Waals surface area contributed by atoms with Gasteiger partial charge in [-0.15, -0.1) is 0 Å². The van der Waals surface area contributed by atoms with E-state index in [2.05, 4.69) is 26.8 Å². The molecule has 4 fully saturated rings. The van der Waals surface area contributed by atoms with Crippen molar-refractivity contribution in [3.63, 3.8) is 0 Å². The average Bonchev–Trinajstić information content (AvgIpc) is 3.30. The fourth-order valence-electron chi connectivity index (χ4n) is 8.44. The smallest absolute Gasteiger partial charge is 0.158 e. The molecule has 0 bridgehead atoms. The van der Waals surface area contributed by atoms with Gasteiger partial charge in [0.15, 0.2) is 12.1 Å². The van der Waals surface area contributed by atoms with E-state index in [0.29, 0.717) is 17.1 Å². The van der Waals surface area contributed by atoms with Crippen LogP contribution in [0.25, 0.3) is 0 Å². The Labute approximate surface area is 170 Å². The quantitative estimate of drug-likeness (QED) is 0.639. The van der Waals surface area contributed by atoms with Crippen molar-refractivity contribution in [1.29, 1.82) is 0 Å². The molecule has 0 spiro atoms. The Morgan fingerprint density at radius 1 is 1.07 bits per heavy atom. The SMILES string of the molecule is CCC1CC2C(CCC3(C)C2CC[C@@H]3CC2OCCO2)C2(C)CCC(=O)C=C12. The lowest BCUT2D eigenvalue weighted by molar-refractivity contribution is -0.119. The van der Waals surface area contributed by atoms with E-state index in [1.54, 1.807) is 0 Å². The molecule has 0 N–H and O–H groups in total. The van der Waals surface area contributed by atoms with Gasteiger partial charge in [-0.3, -0.25) is 4.79 Å². The monoisotopic (exact) mass is 386 g/mol. The summed E-state index contributed by atoms with van der Waals surface area (Å²) < 4.78 is 11.6. The molecular formula is C25H38O3. The summed E-state index contributed by atoms with van der Waals surface area (Å²) in [5.41, 5.74) is 2.25. The van der Waals surface area contributed by atoms with Crippen LogP contribution in [0.5, 0.6) is 0 Å². The highest BCUT2D eigenvalue weighted by Gasteiger charge is 2.60. The van der Waals surface area contributed by atoms with Crippen LogP contribution in [0.2, 0.25) is 0 Å². The Morgan fingerprint density at radius 2 is 1.86 bits per heavy atom. The second kappa shape index (κ2) is 6.94. The lowest BCUT2D eigenvalue weighted by Crippen LogP contribution is -2.52. The molecule has 0 amide bonds. The minimum atomic E-state index is 0.0458. The van der Waals surface area contributed by atoms with Crippen LogP contribution in [0.15, 0.2) is 11.6 Å². The second-order valence-electron chi connectivity index (χ2n) is 10.9. The molecule has 3 saturated carbocycles. The van der Waals surface area contributed by atoms with E-state index in [-0.39, 0.29) is 11.7 Å². The number of allylic oxidation sites excluding steroid dienone is 1. The number of carbonyl (C=O) groups is 1. The molecule has 0 aromatic rings. The predicted molar refractivity (Wildman–Crippen MR) is 110 cm³/mol. The maximum absolute atomic E-state index is 12.2. The molecule has 1 saturated heterocycles. The first-order valence-corrected chi connectivity index (χ1v) is 11.9. The maximum Gasteiger partial charge on any atom is 0.158 e. The third kappa shape index (κ3) is 2.79. The Hall–Kier alpha value is -0.670. The number of ether oxygens (including phenoxy) is 2. The lowest BCUT2D eigenvalue weighted by Gasteiger charge is -2.60. The highest BCUT2D eigenvalue weighted by molar-refractivity contribution is 5.91. The van der Waals surface area contributed by atoms with Crippen LogP contribution in [-0.4, -0.2) is 25.3 Å². The topological polar surface area (TPSA) is 35.5 Å². The maximum atomic E-state index is 12.2. The lowest BCUT2D eigenvalue weighted by atomic mass is 9.45. The van der Waals surface area contributed by atoms with Gasteiger partial charge >= 0.3 is 0 Å². The molecule has 1 aliphatic heterocycles. The van der Waals surface area contributed by atoms with Crippen LogP contribution in [0.3, 0.4) is 0 Å². The van der Waals surface area contributed by atoms with Gasteiger partial charge in [0.1, 0.15) is 0 Å². The summed E-state index contributed by atoms with van der Waals surface area (Å²) in [7, 11) is 0. The van der Waals surface area contributed by atoms with Gasteiger partial charge < -0.3 is 9.47 Å². The molecule has 7 atom stereocenters. The zero-order valence-corrected chi connectivity index (χ0v) is 18.0. The fourth-order valence-corrected chi connectivity index (χ4v) is 8.44. The van der Waals surface area contributed by atoms with Crippen LogP contribution < -0.4 is 0 Å². The number of hydrogen-bond donors (Lipinski definition) is 0. The van der Waals surface area contributed by atoms with Gasteiger partial charge in [0.2, 0.25) is 0 Å². The van der Waals surface area contributed by atoms with Gasteiger partial charge in [-0.1, -0.05) is 26.3 Å². The Kier molecular flexibility index (Phi) is 4.79. The summed E-state index contributed by atoms with van der Waals surface area (Å²) in [4.78, 5) is 12.2. The molecule has 0 aromatic heterocycles. The van der Waals surface area contributed by atoms with Crippen LogP contribution in [0, 0.1) is 40.4 Å². The molecule has 5 aliphatic rings. The van der Waals surface area contributed by atoms with E-state index in [0.717, 1.165) is 56.1 Å². The Bertz CT molecular complexity index is 663. The average molecular weight is 387 g/mol. The molecule has 1 heterocycles.